The Bertz CT molecular complexity index is 133. The zero-order chi connectivity index (χ0) is 6.74. The highest BCUT2D eigenvalue weighted by Crippen LogP contribution is 2.26. The summed E-state index contributed by atoms with van der Waals surface area (Å²) in [5, 5.41) is 0. The number of allylic oxidation sites excluding steroid dienone is 4. The van der Waals surface area contributed by atoms with E-state index in [4.69, 9.17) is 11.6 Å². The third kappa shape index (κ3) is 1.59. The van der Waals surface area contributed by atoms with Crippen LogP contribution in [0.2, 0.25) is 0 Å². The molecule has 1 aliphatic carbocycles. The molecule has 0 N–H and O–H groups in total. The molecule has 0 heterocycles. The van der Waals surface area contributed by atoms with E-state index >= 15 is 0 Å². The van der Waals surface area contributed by atoms with Crippen molar-refractivity contribution in [3.8, 4) is 0 Å². The predicted molar refractivity (Wildman–Crippen MR) is 41.8 cm³/mol. The lowest BCUT2D eigenvalue weighted by atomic mass is 10.00. The van der Waals surface area contributed by atoms with Gasteiger partial charge < -0.3 is 0 Å². The molecule has 0 unspecified atom stereocenters. The number of alkyl halides is 1. The van der Waals surface area contributed by atoms with E-state index in [0.717, 1.165) is 12.8 Å². The van der Waals surface area contributed by atoms with Crippen LogP contribution in [-0.4, -0.2) is 4.87 Å². The topological polar surface area (TPSA) is 0 Å². The highest BCUT2D eigenvalue weighted by Gasteiger charge is 2.17. The van der Waals surface area contributed by atoms with Crippen LogP contribution in [0.15, 0.2) is 24.3 Å². The van der Waals surface area contributed by atoms with Crippen LogP contribution >= 0.6 is 11.6 Å². The number of rotatable bonds is 1. The molecule has 0 spiro atoms. The minimum absolute atomic E-state index is 0.168. The summed E-state index contributed by atoms with van der Waals surface area (Å²) < 4.78 is 0. The van der Waals surface area contributed by atoms with E-state index < -0.39 is 0 Å². The van der Waals surface area contributed by atoms with Crippen molar-refractivity contribution in [3.63, 3.8) is 0 Å². The summed E-state index contributed by atoms with van der Waals surface area (Å²) in [6, 6.07) is 0. The lowest BCUT2D eigenvalue weighted by Crippen LogP contribution is -2.13. The fourth-order valence-corrected chi connectivity index (χ4v) is 1.08. The van der Waals surface area contributed by atoms with Crippen molar-refractivity contribution < 1.29 is 0 Å². The summed E-state index contributed by atoms with van der Waals surface area (Å²) in [4.78, 5) is -0.168. The first kappa shape index (κ1) is 6.88. The zero-order valence-electron chi connectivity index (χ0n) is 5.60. The second kappa shape index (κ2) is 2.57. The first-order chi connectivity index (χ1) is 4.27. The van der Waals surface area contributed by atoms with E-state index in [1.807, 2.05) is 0 Å². The lowest BCUT2D eigenvalue weighted by molar-refractivity contribution is 0.801. The molecule has 0 radical (unpaired) electrons. The van der Waals surface area contributed by atoms with Crippen molar-refractivity contribution in [2.75, 3.05) is 0 Å². The molecule has 0 aromatic rings. The minimum atomic E-state index is -0.168. The second-order valence-corrected chi connectivity index (χ2v) is 3.02. The average molecular weight is 143 g/mol. The molecule has 9 heavy (non-hydrogen) atoms. The van der Waals surface area contributed by atoms with E-state index in [0.29, 0.717) is 0 Å². The largest absolute Gasteiger partial charge is 0.110 e. The molecule has 0 aromatic carbocycles. The molecule has 1 rings (SSSR count). The smallest absolute Gasteiger partial charge is 0.0803 e. The van der Waals surface area contributed by atoms with Gasteiger partial charge in [0.2, 0.25) is 0 Å². The fourth-order valence-electron chi connectivity index (χ4n) is 0.898. The van der Waals surface area contributed by atoms with Gasteiger partial charge in [0.1, 0.15) is 0 Å². The van der Waals surface area contributed by atoms with Crippen molar-refractivity contribution in [3.05, 3.63) is 24.3 Å². The first-order valence-electron chi connectivity index (χ1n) is 3.31. The minimum Gasteiger partial charge on any atom is -0.110 e. The van der Waals surface area contributed by atoms with Gasteiger partial charge in [0.15, 0.2) is 0 Å². The van der Waals surface area contributed by atoms with Gasteiger partial charge in [-0.1, -0.05) is 31.2 Å². The van der Waals surface area contributed by atoms with Crippen molar-refractivity contribution >= 4 is 11.6 Å². The summed E-state index contributed by atoms with van der Waals surface area (Å²) >= 11 is 6.09. The monoisotopic (exact) mass is 142 g/mol. The summed E-state index contributed by atoms with van der Waals surface area (Å²) in [5.74, 6) is 0. The maximum atomic E-state index is 6.09. The van der Waals surface area contributed by atoms with E-state index in [-0.39, 0.29) is 4.87 Å². The Balaban J connectivity index is 2.67. The lowest BCUT2D eigenvalue weighted by Gasteiger charge is -2.18. The quantitative estimate of drug-likeness (QED) is 0.390. The fraction of sp³-hybridized carbons (Fsp3) is 0.500. The molecule has 0 aliphatic heterocycles. The van der Waals surface area contributed by atoms with E-state index in [9.17, 15) is 0 Å². The SMILES string of the molecule is CCC1(Cl)C=CCC=C1. The second-order valence-electron chi connectivity index (χ2n) is 2.32. The van der Waals surface area contributed by atoms with Crippen LogP contribution in [0.1, 0.15) is 19.8 Å². The van der Waals surface area contributed by atoms with Crippen molar-refractivity contribution in [2.45, 2.75) is 24.6 Å². The molecule has 50 valence electrons. The van der Waals surface area contributed by atoms with Crippen LogP contribution in [0.4, 0.5) is 0 Å². The Hall–Kier alpha value is -0.230. The van der Waals surface area contributed by atoms with E-state index in [1.54, 1.807) is 0 Å². The van der Waals surface area contributed by atoms with Crippen LogP contribution in [-0.2, 0) is 0 Å². The van der Waals surface area contributed by atoms with Gasteiger partial charge in [-0.05, 0) is 12.8 Å². The van der Waals surface area contributed by atoms with E-state index in [2.05, 4.69) is 31.2 Å². The molecular formula is C8H11Cl. The van der Waals surface area contributed by atoms with E-state index in [1.165, 1.54) is 0 Å². The third-order valence-corrected chi connectivity index (χ3v) is 2.12. The Morgan fingerprint density at radius 1 is 1.44 bits per heavy atom. The summed E-state index contributed by atoms with van der Waals surface area (Å²) in [6.07, 6.45) is 10.4. The standard InChI is InChI=1S/C8H11Cl/c1-2-8(9)6-4-3-5-7-8/h4-7H,2-3H2,1H3. The van der Waals surface area contributed by atoms with Crippen LogP contribution < -0.4 is 0 Å². The normalized spacial score (nSPS) is 22.4. The molecule has 0 saturated heterocycles. The highest BCUT2D eigenvalue weighted by atomic mass is 35.5. The Labute approximate surface area is 61.2 Å². The molecule has 0 aromatic heterocycles. The number of hydrogen-bond acceptors (Lipinski definition) is 0. The van der Waals surface area contributed by atoms with Gasteiger partial charge in [0.25, 0.3) is 0 Å². The Morgan fingerprint density at radius 3 is 2.33 bits per heavy atom. The van der Waals surface area contributed by atoms with Gasteiger partial charge in [0.05, 0.1) is 4.87 Å². The molecule has 0 saturated carbocycles. The maximum Gasteiger partial charge on any atom is 0.0803 e. The summed E-state index contributed by atoms with van der Waals surface area (Å²) in [6.45, 7) is 2.09. The molecule has 0 nitrogen and oxygen atoms in total. The molecule has 0 bridgehead atoms. The predicted octanol–water partition coefficient (Wildman–Crippen LogP) is 2.89. The van der Waals surface area contributed by atoms with Gasteiger partial charge in [-0.15, -0.1) is 11.6 Å². The van der Waals surface area contributed by atoms with Gasteiger partial charge in [-0.25, -0.2) is 0 Å². The van der Waals surface area contributed by atoms with Gasteiger partial charge in [0, 0.05) is 0 Å². The molecule has 0 amide bonds. The maximum absolute atomic E-state index is 6.09. The Morgan fingerprint density at radius 2 is 2.00 bits per heavy atom. The summed E-state index contributed by atoms with van der Waals surface area (Å²) in [5.41, 5.74) is 0. The number of hydrogen-bond donors (Lipinski definition) is 0. The molecular weight excluding hydrogens is 132 g/mol. The average Bonchev–Trinajstić information content (AvgIpc) is 1.90. The zero-order valence-corrected chi connectivity index (χ0v) is 6.36. The first-order valence-corrected chi connectivity index (χ1v) is 3.69. The van der Waals surface area contributed by atoms with Crippen molar-refractivity contribution in [2.24, 2.45) is 0 Å². The highest BCUT2D eigenvalue weighted by molar-refractivity contribution is 6.26. The molecule has 1 aliphatic rings. The van der Waals surface area contributed by atoms with Crippen LogP contribution in [0, 0.1) is 0 Å². The van der Waals surface area contributed by atoms with Gasteiger partial charge in [-0.3, -0.25) is 0 Å². The van der Waals surface area contributed by atoms with Crippen LogP contribution in [0.5, 0.6) is 0 Å². The number of halogens is 1. The molecule has 0 atom stereocenters. The van der Waals surface area contributed by atoms with Gasteiger partial charge in [-0.2, -0.15) is 0 Å². The Kier molecular flexibility index (Phi) is 1.97. The molecule has 1 heteroatoms. The third-order valence-electron chi connectivity index (χ3n) is 1.60. The van der Waals surface area contributed by atoms with Crippen LogP contribution in [0.25, 0.3) is 0 Å². The van der Waals surface area contributed by atoms with Crippen molar-refractivity contribution in [1.82, 2.24) is 0 Å². The van der Waals surface area contributed by atoms with Crippen molar-refractivity contribution in [1.29, 1.82) is 0 Å². The van der Waals surface area contributed by atoms with Crippen LogP contribution in [0.3, 0.4) is 0 Å². The van der Waals surface area contributed by atoms with Gasteiger partial charge >= 0.3 is 0 Å². The molecule has 0 fully saturated rings. The summed E-state index contributed by atoms with van der Waals surface area (Å²) in [7, 11) is 0.